The van der Waals surface area contributed by atoms with Gasteiger partial charge in [-0.3, -0.25) is 4.79 Å². The minimum atomic E-state index is 0.0646. The average molecular weight is 317 g/mol. The van der Waals surface area contributed by atoms with Crippen LogP contribution in [-0.4, -0.2) is 54.6 Å². The van der Waals surface area contributed by atoms with Crippen LogP contribution in [-0.2, 0) is 0 Å². The zero-order chi connectivity index (χ0) is 15.5. The first kappa shape index (κ1) is 15.0. The number of nitrogens with zero attached hydrogens (tertiary/aromatic N) is 5. The fourth-order valence-corrected chi connectivity index (χ4v) is 3.75. The highest BCUT2D eigenvalue weighted by atomic mass is 32.2. The molecule has 116 valence electrons. The van der Waals surface area contributed by atoms with E-state index in [-0.39, 0.29) is 5.91 Å². The third-order valence-electron chi connectivity index (χ3n) is 3.77. The van der Waals surface area contributed by atoms with E-state index in [0.717, 1.165) is 18.8 Å². The SMILES string of the molecule is CC(C)[C@@H]1CN(C(=O)c2ccnc(-n3cncn3)c2)CCS1. The Morgan fingerprint density at radius 3 is 3.05 bits per heavy atom. The number of hydrogen-bond acceptors (Lipinski definition) is 5. The van der Waals surface area contributed by atoms with E-state index >= 15 is 0 Å². The van der Waals surface area contributed by atoms with Crippen molar-refractivity contribution in [3.8, 4) is 5.82 Å². The van der Waals surface area contributed by atoms with Gasteiger partial charge < -0.3 is 4.90 Å². The summed E-state index contributed by atoms with van der Waals surface area (Å²) in [6, 6.07) is 3.53. The minimum absolute atomic E-state index is 0.0646. The average Bonchev–Trinajstić information content (AvgIpc) is 3.09. The van der Waals surface area contributed by atoms with Gasteiger partial charge in [-0.1, -0.05) is 13.8 Å². The Morgan fingerprint density at radius 2 is 2.32 bits per heavy atom. The molecule has 0 N–H and O–H groups in total. The molecule has 0 spiro atoms. The second-order valence-electron chi connectivity index (χ2n) is 5.65. The normalized spacial score (nSPS) is 18.7. The van der Waals surface area contributed by atoms with Gasteiger partial charge in [0.2, 0.25) is 0 Å². The van der Waals surface area contributed by atoms with Crippen LogP contribution in [0.15, 0.2) is 31.0 Å². The molecule has 1 fully saturated rings. The monoisotopic (exact) mass is 317 g/mol. The molecule has 1 saturated heterocycles. The molecule has 0 aromatic carbocycles. The summed E-state index contributed by atoms with van der Waals surface area (Å²) in [5.74, 6) is 2.24. The summed E-state index contributed by atoms with van der Waals surface area (Å²) in [6.07, 6.45) is 4.66. The molecule has 0 bridgehead atoms. The Morgan fingerprint density at radius 1 is 1.45 bits per heavy atom. The highest BCUT2D eigenvalue weighted by Crippen LogP contribution is 2.25. The van der Waals surface area contributed by atoms with Gasteiger partial charge in [-0.25, -0.2) is 14.6 Å². The Kier molecular flexibility index (Phi) is 4.42. The van der Waals surface area contributed by atoms with Crippen molar-refractivity contribution in [1.82, 2.24) is 24.6 Å². The molecular formula is C15H19N5OS. The summed E-state index contributed by atoms with van der Waals surface area (Å²) in [6.45, 7) is 6.03. The van der Waals surface area contributed by atoms with Gasteiger partial charge in [0.25, 0.3) is 5.91 Å². The molecule has 1 aliphatic rings. The zero-order valence-corrected chi connectivity index (χ0v) is 13.5. The molecule has 3 rings (SSSR count). The first-order valence-electron chi connectivity index (χ1n) is 7.37. The molecule has 0 unspecified atom stereocenters. The fraction of sp³-hybridized carbons (Fsp3) is 0.467. The van der Waals surface area contributed by atoms with Gasteiger partial charge in [0.05, 0.1) is 0 Å². The van der Waals surface area contributed by atoms with Gasteiger partial charge >= 0.3 is 0 Å². The van der Waals surface area contributed by atoms with Crippen LogP contribution in [0.1, 0.15) is 24.2 Å². The number of pyridine rings is 1. The van der Waals surface area contributed by atoms with Crippen molar-refractivity contribution in [1.29, 1.82) is 0 Å². The Labute approximate surface area is 133 Å². The van der Waals surface area contributed by atoms with Crippen LogP contribution in [0.2, 0.25) is 0 Å². The van der Waals surface area contributed by atoms with E-state index in [9.17, 15) is 4.79 Å². The summed E-state index contributed by atoms with van der Waals surface area (Å²) in [4.78, 5) is 22.8. The number of hydrogen-bond donors (Lipinski definition) is 0. The summed E-state index contributed by atoms with van der Waals surface area (Å²) >= 11 is 1.96. The maximum absolute atomic E-state index is 12.7. The van der Waals surface area contributed by atoms with E-state index in [1.165, 1.54) is 6.33 Å². The number of thioether (sulfide) groups is 1. The van der Waals surface area contributed by atoms with Crippen molar-refractivity contribution in [2.75, 3.05) is 18.8 Å². The molecule has 0 radical (unpaired) electrons. The van der Waals surface area contributed by atoms with Crippen LogP contribution in [0.5, 0.6) is 0 Å². The molecule has 0 saturated carbocycles. The van der Waals surface area contributed by atoms with Crippen LogP contribution in [0.25, 0.3) is 5.82 Å². The van der Waals surface area contributed by atoms with Crippen molar-refractivity contribution in [2.24, 2.45) is 5.92 Å². The maximum atomic E-state index is 12.7. The van der Waals surface area contributed by atoms with Crippen LogP contribution in [0, 0.1) is 5.92 Å². The van der Waals surface area contributed by atoms with E-state index in [1.54, 1.807) is 29.3 Å². The van der Waals surface area contributed by atoms with E-state index in [0.29, 0.717) is 22.5 Å². The van der Waals surface area contributed by atoms with Crippen LogP contribution >= 0.6 is 11.8 Å². The summed E-state index contributed by atoms with van der Waals surface area (Å²) in [5.41, 5.74) is 0.648. The number of rotatable bonds is 3. The molecule has 1 amide bonds. The Hall–Kier alpha value is -1.89. The Balaban J connectivity index is 1.79. The first-order valence-corrected chi connectivity index (χ1v) is 8.42. The lowest BCUT2D eigenvalue weighted by Crippen LogP contribution is -2.43. The largest absolute Gasteiger partial charge is 0.337 e. The van der Waals surface area contributed by atoms with E-state index < -0.39 is 0 Å². The zero-order valence-electron chi connectivity index (χ0n) is 12.7. The number of carbonyl (C=O) groups is 1. The van der Waals surface area contributed by atoms with Crippen LogP contribution < -0.4 is 0 Å². The molecule has 3 heterocycles. The summed E-state index contributed by atoms with van der Waals surface area (Å²) in [5, 5.41) is 4.56. The fourth-order valence-electron chi connectivity index (χ4n) is 2.45. The molecule has 7 heteroatoms. The van der Waals surface area contributed by atoms with E-state index in [4.69, 9.17) is 0 Å². The molecule has 22 heavy (non-hydrogen) atoms. The van der Waals surface area contributed by atoms with Crippen molar-refractivity contribution < 1.29 is 4.79 Å². The van der Waals surface area contributed by atoms with Crippen molar-refractivity contribution in [3.05, 3.63) is 36.5 Å². The van der Waals surface area contributed by atoms with Gasteiger partial charge in [0, 0.05) is 35.9 Å². The topological polar surface area (TPSA) is 63.9 Å². The third-order valence-corrected chi connectivity index (χ3v) is 5.31. The summed E-state index contributed by atoms with van der Waals surface area (Å²) < 4.78 is 1.56. The minimum Gasteiger partial charge on any atom is -0.337 e. The molecule has 0 aliphatic carbocycles. The molecule has 2 aromatic heterocycles. The highest BCUT2D eigenvalue weighted by Gasteiger charge is 2.26. The third kappa shape index (κ3) is 3.14. The van der Waals surface area contributed by atoms with Crippen LogP contribution in [0.4, 0.5) is 0 Å². The van der Waals surface area contributed by atoms with Gasteiger partial charge in [0.1, 0.15) is 12.7 Å². The van der Waals surface area contributed by atoms with Crippen molar-refractivity contribution in [2.45, 2.75) is 19.1 Å². The molecule has 6 nitrogen and oxygen atoms in total. The van der Waals surface area contributed by atoms with Gasteiger partial charge in [-0.2, -0.15) is 16.9 Å². The second-order valence-corrected chi connectivity index (χ2v) is 6.99. The predicted molar refractivity (Wildman–Crippen MR) is 86.1 cm³/mol. The van der Waals surface area contributed by atoms with Crippen LogP contribution in [0.3, 0.4) is 0 Å². The first-order chi connectivity index (χ1) is 10.6. The lowest BCUT2D eigenvalue weighted by molar-refractivity contribution is 0.0756. The number of carbonyl (C=O) groups excluding carboxylic acids is 1. The van der Waals surface area contributed by atoms with Gasteiger partial charge in [0.15, 0.2) is 5.82 Å². The lowest BCUT2D eigenvalue weighted by atomic mass is 10.1. The quantitative estimate of drug-likeness (QED) is 0.865. The number of amides is 1. The Bertz CT molecular complexity index is 643. The molecular weight excluding hydrogens is 298 g/mol. The van der Waals surface area contributed by atoms with Crippen molar-refractivity contribution in [3.63, 3.8) is 0 Å². The number of aromatic nitrogens is 4. The highest BCUT2D eigenvalue weighted by molar-refractivity contribution is 8.00. The second kappa shape index (κ2) is 6.48. The lowest BCUT2D eigenvalue weighted by Gasteiger charge is -2.34. The van der Waals surface area contributed by atoms with Gasteiger partial charge in [-0.05, 0) is 18.1 Å². The maximum Gasteiger partial charge on any atom is 0.254 e. The molecule has 1 atom stereocenters. The smallest absolute Gasteiger partial charge is 0.254 e. The molecule has 2 aromatic rings. The van der Waals surface area contributed by atoms with E-state index in [1.807, 2.05) is 16.7 Å². The summed E-state index contributed by atoms with van der Waals surface area (Å²) in [7, 11) is 0. The van der Waals surface area contributed by atoms with E-state index in [2.05, 4.69) is 28.9 Å². The standard InChI is InChI=1S/C15H19N5OS/c1-11(2)13-8-19(5-6-22-13)15(21)12-3-4-17-14(7-12)20-10-16-9-18-20/h3-4,7,9-11,13H,5-6,8H2,1-2H3/t13-/m0/s1. The van der Waals surface area contributed by atoms with Gasteiger partial charge in [-0.15, -0.1) is 0 Å². The molecule has 1 aliphatic heterocycles. The van der Waals surface area contributed by atoms with Crippen molar-refractivity contribution >= 4 is 17.7 Å². The predicted octanol–water partition coefficient (Wildman–Crippen LogP) is 1.88.